The Morgan fingerprint density at radius 1 is 1.42 bits per heavy atom. The zero-order valence-corrected chi connectivity index (χ0v) is 7.86. The number of hydrogen-bond acceptors (Lipinski definition) is 1. The molecule has 2 nitrogen and oxygen atoms in total. The molecule has 0 aromatic heterocycles. The van der Waals surface area contributed by atoms with Gasteiger partial charge in [-0.15, -0.1) is 0 Å². The SMILES string of the molecule is S=C1NCC(CC2CC=CC2)N1. The van der Waals surface area contributed by atoms with Crippen molar-refractivity contribution in [2.75, 3.05) is 6.54 Å². The van der Waals surface area contributed by atoms with E-state index in [1.807, 2.05) is 0 Å². The third-order valence-corrected chi connectivity index (χ3v) is 2.83. The molecule has 1 unspecified atom stereocenters. The van der Waals surface area contributed by atoms with Crippen LogP contribution in [0.4, 0.5) is 0 Å². The Morgan fingerprint density at radius 3 is 2.75 bits per heavy atom. The van der Waals surface area contributed by atoms with E-state index < -0.39 is 0 Å². The third-order valence-electron chi connectivity index (χ3n) is 2.57. The lowest BCUT2D eigenvalue weighted by Crippen LogP contribution is -2.28. The first-order chi connectivity index (χ1) is 5.84. The summed E-state index contributed by atoms with van der Waals surface area (Å²) in [6.45, 7) is 1.01. The van der Waals surface area contributed by atoms with Crippen molar-refractivity contribution in [2.24, 2.45) is 5.92 Å². The molecule has 0 spiro atoms. The van der Waals surface area contributed by atoms with Crippen LogP contribution in [-0.2, 0) is 0 Å². The van der Waals surface area contributed by atoms with Crippen LogP contribution in [-0.4, -0.2) is 17.7 Å². The van der Waals surface area contributed by atoms with E-state index >= 15 is 0 Å². The largest absolute Gasteiger partial charge is 0.361 e. The molecule has 1 heterocycles. The molecule has 2 N–H and O–H groups in total. The number of allylic oxidation sites excluding steroid dienone is 2. The van der Waals surface area contributed by atoms with E-state index in [1.54, 1.807) is 0 Å². The van der Waals surface area contributed by atoms with Crippen LogP contribution >= 0.6 is 12.2 Å². The molecular weight excluding hydrogens is 168 g/mol. The minimum Gasteiger partial charge on any atom is -0.361 e. The van der Waals surface area contributed by atoms with Gasteiger partial charge in [-0.25, -0.2) is 0 Å². The van der Waals surface area contributed by atoms with Gasteiger partial charge in [0.1, 0.15) is 0 Å². The van der Waals surface area contributed by atoms with Gasteiger partial charge < -0.3 is 10.6 Å². The Labute approximate surface area is 78.4 Å². The van der Waals surface area contributed by atoms with E-state index in [1.165, 1.54) is 19.3 Å². The summed E-state index contributed by atoms with van der Waals surface area (Å²) in [5.74, 6) is 0.852. The Balaban J connectivity index is 1.76. The van der Waals surface area contributed by atoms with E-state index in [2.05, 4.69) is 22.8 Å². The number of hydrogen-bond donors (Lipinski definition) is 2. The number of thiocarbonyl (C=S) groups is 1. The molecule has 2 aliphatic rings. The second-order valence-corrected chi connectivity index (χ2v) is 4.00. The highest BCUT2D eigenvalue weighted by molar-refractivity contribution is 7.80. The van der Waals surface area contributed by atoms with Crippen LogP contribution in [0.2, 0.25) is 0 Å². The first-order valence-corrected chi connectivity index (χ1v) is 4.95. The molecule has 2 rings (SSSR count). The van der Waals surface area contributed by atoms with Gasteiger partial charge in [0.2, 0.25) is 0 Å². The van der Waals surface area contributed by atoms with Crippen molar-refractivity contribution in [3.8, 4) is 0 Å². The zero-order valence-electron chi connectivity index (χ0n) is 7.05. The molecule has 1 atom stereocenters. The van der Waals surface area contributed by atoms with Gasteiger partial charge in [0, 0.05) is 12.6 Å². The predicted molar refractivity (Wildman–Crippen MR) is 54.0 cm³/mol. The lowest BCUT2D eigenvalue weighted by atomic mass is 9.98. The summed E-state index contributed by atoms with van der Waals surface area (Å²) in [5.41, 5.74) is 0. The highest BCUT2D eigenvalue weighted by Gasteiger charge is 2.21. The smallest absolute Gasteiger partial charge is 0.166 e. The van der Waals surface area contributed by atoms with Crippen molar-refractivity contribution < 1.29 is 0 Å². The van der Waals surface area contributed by atoms with Gasteiger partial charge in [0.15, 0.2) is 5.11 Å². The van der Waals surface area contributed by atoms with E-state index in [4.69, 9.17) is 12.2 Å². The third kappa shape index (κ3) is 1.78. The van der Waals surface area contributed by atoms with Crippen LogP contribution in [0.25, 0.3) is 0 Å². The summed E-state index contributed by atoms with van der Waals surface area (Å²) in [6.07, 6.45) is 8.33. The van der Waals surface area contributed by atoms with Crippen molar-refractivity contribution in [1.29, 1.82) is 0 Å². The Morgan fingerprint density at radius 2 is 2.17 bits per heavy atom. The highest BCUT2D eigenvalue weighted by atomic mass is 32.1. The fourth-order valence-electron chi connectivity index (χ4n) is 1.91. The topological polar surface area (TPSA) is 24.1 Å². The lowest BCUT2D eigenvalue weighted by molar-refractivity contribution is 0.449. The van der Waals surface area contributed by atoms with Crippen molar-refractivity contribution in [3.05, 3.63) is 12.2 Å². The molecule has 0 aromatic rings. The lowest BCUT2D eigenvalue weighted by Gasteiger charge is -2.14. The zero-order chi connectivity index (χ0) is 8.39. The van der Waals surface area contributed by atoms with Crippen molar-refractivity contribution in [1.82, 2.24) is 10.6 Å². The first-order valence-electron chi connectivity index (χ1n) is 4.54. The van der Waals surface area contributed by atoms with Gasteiger partial charge in [-0.05, 0) is 37.4 Å². The van der Waals surface area contributed by atoms with E-state index in [0.717, 1.165) is 17.6 Å². The molecule has 0 bridgehead atoms. The molecule has 0 radical (unpaired) electrons. The second kappa shape index (κ2) is 3.44. The van der Waals surface area contributed by atoms with E-state index in [9.17, 15) is 0 Å². The average Bonchev–Trinajstić information content (AvgIpc) is 2.63. The number of nitrogens with one attached hydrogen (secondary N) is 2. The van der Waals surface area contributed by atoms with Crippen LogP contribution in [0, 0.1) is 5.92 Å². The highest BCUT2D eigenvalue weighted by Crippen LogP contribution is 2.23. The van der Waals surface area contributed by atoms with Gasteiger partial charge in [-0.3, -0.25) is 0 Å². The summed E-state index contributed by atoms with van der Waals surface area (Å²) in [7, 11) is 0. The standard InChI is InChI=1S/C9H14N2S/c12-9-10-6-8(11-9)5-7-3-1-2-4-7/h1-2,7-8H,3-6H2,(H2,10,11,12). The number of rotatable bonds is 2. The van der Waals surface area contributed by atoms with Crippen molar-refractivity contribution in [2.45, 2.75) is 25.3 Å². The molecule has 1 aliphatic carbocycles. The quantitative estimate of drug-likeness (QED) is 0.495. The summed E-state index contributed by atoms with van der Waals surface area (Å²) in [5, 5.41) is 7.24. The van der Waals surface area contributed by atoms with Crippen LogP contribution in [0.15, 0.2) is 12.2 Å². The van der Waals surface area contributed by atoms with Crippen molar-refractivity contribution >= 4 is 17.3 Å². The predicted octanol–water partition coefficient (Wildman–Crippen LogP) is 1.19. The maximum atomic E-state index is 5.00. The summed E-state index contributed by atoms with van der Waals surface area (Å²) >= 11 is 5.00. The molecule has 1 aliphatic heterocycles. The fourth-order valence-corrected chi connectivity index (χ4v) is 2.16. The van der Waals surface area contributed by atoms with Crippen LogP contribution in [0.1, 0.15) is 19.3 Å². The minimum absolute atomic E-state index is 0.572. The Bertz CT molecular complexity index is 205. The van der Waals surface area contributed by atoms with Crippen LogP contribution in [0.3, 0.4) is 0 Å². The summed E-state index contributed by atoms with van der Waals surface area (Å²) < 4.78 is 0. The normalized spacial score (nSPS) is 29.0. The van der Waals surface area contributed by atoms with Gasteiger partial charge in [-0.2, -0.15) is 0 Å². The van der Waals surface area contributed by atoms with Gasteiger partial charge in [0.25, 0.3) is 0 Å². The first kappa shape index (κ1) is 8.05. The molecule has 0 aromatic carbocycles. The summed E-state index contributed by atoms with van der Waals surface area (Å²) in [4.78, 5) is 0. The average molecular weight is 182 g/mol. The van der Waals surface area contributed by atoms with E-state index in [0.29, 0.717) is 6.04 Å². The molecular formula is C9H14N2S. The maximum absolute atomic E-state index is 5.00. The Kier molecular flexibility index (Phi) is 2.30. The molecule has 3 heteroatoms. The van der Waals surface area contributed by atoms with Crippen LogP contribution < -0.4 is 10.6 Å². The van der Waals surface area contributed by atoms with Crippen LogP contribution in [0.5, 0.6) is 0 Å². The van der Waals surface area contributed by atoms with Crippen molar-refractivity contribution in [3.63, 3.8) is 0 Å². The summed E-state index contributed by atoms with van der Waals surface area (Å²) in [6, 6.07) is 0.572. The monoisotopic (exact) mass is 182 g/mol. The molecule has 0 amide bonds. The molecule has 66 valence electrons. The molecule has 12 heavy (non-hydrogen) atoms. The molecule has 1 fully saturated rings. The van der Waals surface area contributed by atoms with Gasteiger partial charge in [-0.1, -0.05) is 12.2 Å². The minimum atomic E-state index is 0.572. The molecule has 1 saturated heterocycles. The molecule has 0 saturated carbocycles. The Hall–Kier alpha value is -0.570. The maximum Gasteiger partial charge on any atom is 0.166 e. The van der Waals surface area contributed by atoms with E-state index in [-0.39, 0.29) is 0 Å². The van der Waals surface area contributed by atoms with Gasteiger partial charge >= 0.3 is 0 Å². The fraction of sp³-hybridized carbons (Fsp3) is 0.667. The second-order valence-electron chi connectivity index (χ2n) is 3.60. The van der Waals surface area contributed by atoms with Gasteiger partial charge in [0.05, 0.1) is 0 Å².